The van der Waals surface area contributed by atoms with Crippen LogP contribution < -0.4 is 0 Å². The Kier molecular flexibility index (Phi) is 3.42. The van der Waals surface area contributed by atoms with Crippen LogP contribution in [0, 0.1) is 0 Å². The van der Waals surface area contributed by atoms with Crippen molar-refractivity contribution in [1.29, 1.82) is 0 Å². The third kappa shape index (κ3) is 2.39. The van der Waals surface area contributed by atoms with Crippen molar-refractivity contribution in [2.45, 2.75) is 22.6 Å². The second-order valence-electron chi connectivity index (χ2n) is 6.73. The van der Waals surface area contributed by atoms with E-state index >= 15 is 0 Å². The first-order valence-corrected chi connectivity index (χ1v) is 10.8. The van der Waals surface area contributed by atoms with Crippen LogP contribution in [0.2, 0.25) is 0 Å². The van der Waals surface area contributed by atoms with Crippen LogP contribution in [-0.4, -0.2) is 31.7 Å². The quantitative estimate of drug-likeness (QED) is 0.703. The van der Waals surface area contributed by atoms with Gasteiger partial charge < -0.3 is 4.42 Å². The number of thiophene rings is 1. The SMILES string of the molecule is O=S1(=O)c2ccc(-c3ccsc3)cc2[C@@H]2CN(Cc3ccco3)C[C@H]21. The van der Waals surface area contributed by atoms with Crippen LogP contribution in [0.15, 0.2) is 62.7 Å². The van der Waals surface area contributed by atoms with Crippen molar-refractivity contribution in [1.82, 2.24) is 4.90 Å². The molecule has 4 heterocycles. The van der Waals surface area contributed by atoms with E-state index in [9.17, 15) is 8.42 Å². The molecule has 1 aromatic carbocycles. The average molecular weight is 371 g/mol. The number of rotatable bonds is 3. The fourth-order valence-electron chi connectivity index (χ4n) is 4.09. The Labute approximate surface area is 150 Å². The van der Waals surface area contributed by atoms with E-state index in [1.165, 1.54) is 0 Å². The predicted octanol–water partition coefficient (Wildman–Crippen LogP) is 3.76. The smallest absolute Gasteiger partial charge is 0.183 e. The maximum Gasteiger partial charge on any atom is 0.183 e. The summed E-state index contributed by atoms with van der Waals surface area (Å²) in [6.07, 6.45) is 1.66. The lowest BCUT2D eigenvalue weighted by Gasteiger charge is -2.16. The third-order valence-corrected chi connectivity index (χ3v) is 8.21. The van der Waals surface area contributed by atoms with Crippen molar-refractivity contribution < 1.29 is 12.8 Å². The first-order chi connectivity index (χ1) is 12.1. The molecular weight excluding hydrogens is 354 g/mol. The Hall–Kier alpha value is -1.89. The maximum atomic E-state index is 13.0. The summed E-state index contributed by atoms with van der Waals surface area (Å²) in [6, 6.07) is 11.7. The van der Waals surface area contributed by atoms with Gasteiger partial charge >= 0.3 is 0 Å². The molecule has 1 fully saturated rings. The zero-order valence-electron chi connectivity index (χ0n) is 13.5. The monoisotopic (exact) mass is 371 g/mol. The standard InChI is InChI=1S/C19H17NO3S2/c21-25(22)18-4-3-13(14-5-7-24-12-14)8-16(18)17-10-20(11-19(17)25)9-15-2-1-6-23-15/h1-8,12,17,19H,9-11H2/t17-,19+/m0/s1. The fourth-order valence-corrected chi connectivity index (χ4v) is 6.95. The first-order valence-electron chi connectivity index (χ1n) is 8.28. The molecule has 2 aliphatic heterocycles. The minimum atomic E-state index is -3.25. The summed E-state index contributed by atoms with van der Waals surface area (Å²) >= 11 is 1.65. The van der Waals surface area contributed by atoms with E-state index in [0.717, 1.165) is 29.0 Å². The fraction of sp³-hybridized carbons (Fsp3) is 0.263. The van der Waals surface area contributed by atoms with Crippen LogP contribution in [0.5, 0.6) is 0 Å². The molecule has 5 rings (SSSR count). The van der Waals surface area contributed by atoms with Gasteiger partial charge in [0.25, 0.3) is 0 Å². The van der Waals surface area contributed by atoms with Crippen molar-refractivity contribution in [3.05, 3.63) is 64.7 Å². The van der Waals surface area contributed by atoms with Gasteiger partial charge in [0.15, 0.2) is 9.84 Å². The molecule has 0 bridgehead atoms. The summed E-state index contributed by atoms with van der Waals surface area (Å²) in [5.41, 5.74) is 3.23. The molecule has 128 valence electrons. The summed E-state index contributed by atoms with van der Waals surface area (Å²) in [6.45, 7) is 1.98. The number of fused-ring (bicyclic) bond motifs is 3. The molecule has 3 aromatic rings. The van der Waals surface area contributed by atoms with Crippen molar-refractivity contribution in [2.75, 3.05) is 13.1 Å². The van der Waals surface area contributed by atoms with Gasteiger partial charge in [-0.25, -0.2) is 8.42 Å². The zero-order chi connectivity index (χ0) is 17.0. The second-order valence-corrected chi connectivity index (χ2v) is 9.64. The van der Waals surface area contributed by atoms with Crippen LogP contribution in [-0.2, 0) is 16.4 Å². The molecule has 0 spiro atoms. The molecule has 2 aliphatic rings. The largest absolute Gasteiger partial charge is 0.468 e. The van der Waals surface area contributed by atoms with E-state index in [4.69, 9.17) is 4.42 Å². The van der Waals surface area contributed by atoms with E-state index in [0.29, 0.717) is 18.0 Å². The van der Waals surface area contributed by atoms with E-state index < -0.39 is 9.84 Å². The zero-order valence-corrected chi connectivity index (χ0v) is 15.1. The highest BCUT2D eigenvalue weighted by Gasteiger charge is 2.50. The Bertz CT molecular complexity index is 1010. The number of likely N-dealkylation sites (tertiary alicyclic amines) is 1. The van der Waals surface area contributed by atoms with Gasteiger partial charge in [0.05, 0.1) is 23.0 Å². The van der Waals surface area contributed by atoms with Crippen molar-refractivity contribution in [3.63, 3.8) is 0 Å². The van der Waals surface area contributed by atoms with Gasteiger partial charge in [-0.05, 0) is 57.8 Å². The summed E-state index contributed by atoms with van der Waals surface area (Å²) in [5.74, 6) is 0.929. The predicted molar refractivity (Wildman–Crippen MR) is 97.5 cm³/mol. The summed E-state index contributed by atoms with van der Waals surface area (Å²) in [5, 5.41) is 3.80. The minimum Gasteiger partial charge on any atom is -0.468 e. The Morgan fingerprint density at radius 3 is 2.84 bits per heavy atom. The molecule has 0 saturated carbocycles. The van der Waals surface area contributed by atoms with Crippen LogP contribution in [0.25, 0.3) is 11.1 Å². The molecule has 2 aromatic heterocycles. The highest BCUT2D eigenvalue weighted by Crippen LogP contribution is 2.46. The number of hydrogen-bond acceptors (Lipinski definition) is 5. The van der Waals surface area contributed by atoms with E-state index in [1.54, 1.807) is 23.7 Å². The summed E-state index contributed by atoms with van der Waals surface area (Å²) in [4.78, 5) is 2.71. The number of sulfone groups is 1. The van der Waals surface area contributed by atoms with Crippen molar-refractivity contribution in [3.8, 4) is 11.1 Å². The van der Waals surface area contributed by atoms with Crippen LogP contribution >= 0.6 is 11.3 Å². The third-order valence-electron chi connectivity index (χ3n) is 5.27. The van der Waals surface area contributed by atoms with Crippen LogP contribution in [0.1, 0.15) is 17.2 Å². The Balaban J connectivity index is 1.51. The van der Waals surface area contributed by atoms with Crippen LogP contribution in [0.4, 0.5) is 0 Å². The lowest BCUT2D eigenvalue weighted by molar-refractivity contribution is 0.293. The number of benzene rings is 1. The topological polar surface area (TPSA) is 50.5 Å². The molecule has 6 heteroatoms. The molecule has 2 atom stereocenters. The second kappa shape index (κ2) is 5.56. The molecule has 0 amide bonds. The molecule has 0 unspecified atom stereocenters. The van der Waals surface area contributed by atoms with Gasteiger partial charge in [0, 0.05) is 19.0 Å². The van der Waals surface area contributed by atoms with E-state index in [2.05, 4.69) is 22.4 Å². The van der Waals surface area contributed by atoms with E-state index in [-0.39, 0.29) is 11.2 Å². The molecule has 0 aliphatic carbocycles. The van der Waals surface area contributed by atoms with Crippen LogP contribution in [0.3, 0.4) is 0 Å². The minimum absolute atomic E-state index is 0.0496. The van der Waals surface area contributed by atoms with Crippen molar-refractivity contribution in [2.24, 2.45) is 0 Å². The van der Waals surface area contributed by atoms with Gasteiger partial charge in [0.2, 0.25) is 0 Å². The maximum absolute atomic E-state index is 13.0. The summed E-state index contributed by atoms with van der Waals surface area (Å²) < 4.78 is 31.3. The highest BCUT2D eigenvalue weighted by molar-refractivity contribution is 7.92. The van der Waals surface area contributed by atoms with Gasteiger partial charge in [-0.2, -0.15) is 11.3 Å². The van der Waals surface area contributed by atoms with Gasteiger partial charge in [-0.1, -0.05) is 6.07 Å². The lowest BCUT2D eigenvalue weighted by atomic mass is 9.95. The molecule has 4 nitrogen and oxygen atoms in total. The molecule has 0 radical (unpaired) electrons. The molecule has 0 N–H and O–H groups in total. The van der Waals surface area contributed by atoms with Gasteiger partial charge in [-0.3, -0.25) is 4.90 Å². The number of furan rings is 1. The number of hydrogen-bond donors (Lipinski definition) is 0. The Morgan fingerprint density at radius 1 is 1.16 bits per heavy atom. The van der Waals surface area contributed by atoms with Gasteiger partial charge in [-0.15, -0.1) is 0 Å². The normalized spacial score (nSPS) is 24.3. The molecular formula is C19H17NO3S2. The molecule has 25 heavy (non-hydrogen) atoms. The van der Waals surface area contributed by atoms with E-state index in [1.807, 2.05) is 23.6 Å². The number of nitrogens with zero attached hydrogens (tertiary/aromatic N) is 1. The summed E-state index contributed by atoms with van der Waals surface area (Å²) in [7, 11) is -3.25. The highest BCUT2D eigenvalue weighted by atomic mass is 32.2. The average Bonchev–Trinajstić information content (AvgIpc) is 3.37. The van der Waals surface area contributed by atoms with Gasteiger partial charge in [0.1, 0.15) is 5.76 Å². The lowest BCUT2D eigenvalue weighted by Crippen LogP contribution is -2.25. The Morgan fingerprint density at radius 2 is 2.08 bits per heavy atom. The van der Waals surface area contributed by atoms with Crippen molar-refractivity contribution >= 4 is 21.2 Å². The molecule has 1 saturated heterocycles. The first kappa shape index (κ1) is 15.4.